The number of aromatic nitrogens is 2. The lowest BCUT2D eigenvalue weighted by molar-refractivity contribution is 0.548. The van der Waals surface area contributed by atoms with Crippen LogP contribution in [-0.2, 0) is 6.54 Å². The van der Waals surface area contributed by atoms with Crippen LogP contribution in [-0.4, -0.2) is 22.5 Å². The maximum Gasteiger partial charge on any atom is 0.152 e. The molecular weight excluding hydrogens is 248 g/mol. The van der Waals surface area contributed by atoms with Crippen LogP contribution in [0.4, 0.5) is 5.82 Å². The van der Waals surface area contributed by atoms with E-state index < -0.39 is 0 Å². The highest BCUT2D eigenvalue weighted by molar-refractivity contribution is 5.56. The van der Waals surface area contributed by atoms with Gasteiger partial charge < -0.3 is 15.0 Å². The second kappa shape index (κ2) is 6.27. The molecule has 0 aliphatic rings. The summed E-state index contributed by atoms with van der Waals surface area (Å²) in [6.45, 7) is 11.5. The summed E-state index contributed by atoms with van der Waals surface area (Å²) in [4.78, 5) is 7.18. The van der Waals surface area contributed by atoms with E-state index in [1.165, 1.54) is 0 Å². The van der Waals surface area contributed by atoms with Gasteiger partial charge in [-0.2, -0.15) is 0 Å². The molecule has 0 atom stereocenters. The maximum atomic E-state index is 5.97. The standard InChI is InChI=1S/C16H26N4/c1-12(2)10-19(11-13(3)4)16-14(9-17)20-8-6-5-7-15(20)18-16/h5-8,12-13H,9-11,17H2,1-4H3. The van der Waals surface area contributed by atoms with Gasteiger partial charge in [-0.3, -0.25) is 0 Å². The van der Waals surface area contributed by atoms with Gasteiger partial charge in [-0.15, -0.1) is 0 Å². The predicted molar refractivity (Wildman–Crippen MR) is 85.0 cm³/mol. The summed E-state index contributed by atoms with van der Waals surface area (Å²) >= 11 is 0. The molecule has 0 aliphatic heterocycles. The highest BCUT2D eigenvalue weighted by atomic mass is 15.2. The van der Waals surface area contributed by atoms with Gasteiger partial charge in [0.1, 0.15) is 5.65 Å². The van der Waals surface area contributed by atoms with Gasteiger partial charge in [0, 0.05) is 25.8 Å². The Labute approximate surface area is 121 Å². The Kier molecular flexibility index (Phi) is 4.65. The van der Waals surface area contributed by atoms with Crippen molar-refractivity contribution in [1.82, 2.24) is 9.38 Å². The first-order valence-corrected chi connectivity index (χ1v) is 7.44. The number of imidazole rings is 1. The first-order valence-electron chi connectivity index (χ1n) is 7.44. The molecule has 2 rings (SSSR count). The molecule has 0 spiro atoms. The topological polar surface area (TPSA) is 46.6 Å². The molecule has 110 valence electrons. The number of rotatable bonds is 6. The quantitative estimate of drug-likeness (QED) is 0.881. The number of anilines is 1. The fraction of sp³-hybridized carbons (Fsp3) is 0.562. The van der Waals surface area contributed by atoms with E-state index in [1.54, 1.807) is 0 Å². The molecule has 4 nitrogen and oxygen atoms in total. The van der Waals surface area contributed by atoms with Gasteiger partial charge in [0.05, 0.1) is 5.69 Å². The molecule has 2 N–H and O–H groups in total. The average molecular weight is 274 g/mol. The fourth-order valence-corrected chi connectivity index (χ4v) is 2.61. The summed E-state index contributed by atoms with van der Waals surface area (Å²) in [5.74, 6) is 2.24. The third kappa shape index (κ3) is 3.12. The van der Waals surface area contributed by atoms with Crippen LogP contribution in [0, 0.1) is 11.8 Å². The normalized spacial score (nSPS) is 11.8. The maximum absolute atomic E-state index is 5.97. The van der Waals surface area contributed by atoms with Crippen molar-refractivity contribution in [3.05, 3.63) is 30.1 Å². The van der Waals surface area contributed by atoms with E-state index in [0.29, 0.717) is 18.4 Å². The van der Waals surface area contributed by atoms with E-state index in [2.05, 4.69) is 37.0 Å². The molecule has 0 fully saturated rings. The molecule has 0 bridgehead atoms. The second-order valence-electron chi connectivity index (χ2n) is 6.21. The van der Waals surface area contributed by atoms with E-state index in [4.69, 9.17) is 10.7 Å². The Morgan fingerprint density at radius 1 is 1.15 bits per heavy atom. The first-order chi connectivity index (χ1) is 9.52. The number of fused-ring (bicyclic) bond motifs is 1. The average Bonchev–Trinajstić information content (AvgIpc) is 2.75. The largest absolute Gasteiger partial charge is 0.355 e. The minimum absolute atomic E-state index is 0.507. The Bertz CT molecular complexity index is 547. The van der Waals surface area contributed by atoms with Crippen LogP contribution in [0.15, 0.2) is 24.4 Å². The second-order valence-corrected chi connectivity index (χ2v) is 6.21. The number of pyridine rings is 1. The van der Waals surface area contributed by atoms with Crippen molar-refractivity contribution >= 4 is 11.5 Å². The lowest BCUT2D eigenvalue weighted by Gasteiger charge is -2.27. The third-order valence-corrected chi connectivity index (χ3v) is 3.27. The van der Waals surface area contributed by atoms with Crippen molar-refractivity contribution in [2.75, 3.05) is 18.0 Å². The van der Waals surface area contributed by atoms with E-state index in [1.807, 2.05) is 24.4 Å². The zero-order chi connectivity index (χ0) is 14.7. The summed E-state index contributed by atoms with van der Waals surface area (Å²) < 4.78 is 2.10. The van der Waals surface area contributed by atoms with Gasteiger partial charge in [0.15, 0.2) is 5.82 Å². The van der Waals surface area contributed by atoms with Crippen LogP contribution in [0.1, 0.15) is 33.4 Å². The molecule has 2 heterocycles. The smallest absolute Gasteiger partial charge is 0.152 e. The number of hydrogen-bond donors (Lipinski definition) is 1. The molecule has 0 saturated carbocycles. The van der Waals surface area contributed by atoms with Gasteiger partial charge >= 0.3 is 0 Å². The minimum Gasteiger partial charge on any atom is -0.355 e. The Morgan fingerprint density at radius 2 is 1.80 bits per heavy atom. The molecule has 0 radical (unpaired) electrons. The SMILES string of the molecule is CC(C)CN(CC(C)C)c1nc2ccccn2c1CN. The summed E-state index contributed by atoms with van der Waals surface area (Å²) in [7, 11) is 0. The molecule has 0 saturated heterocycles. The Balaban J connectivity index is 2.45. The number of nitrogens with two attached hydrogens (primary N) is 1. The number of hydrogen-bond acceptors (Lipinski definition) is 3. The van der Waals surface area contributed by atoms with Crippen LogP contribution in [0.5, 0.6) is 0 Å². The highest BCUT2D eigenvalue weighted by Crippen LogP contribution is 2.23. The summed E-state index contributed by atoms with van der Waals surface area (Å²) in [5.41, 5.74) is 8.04. The molecular formula is C16H26N4. The van der Waals surface area contributed by atoms with Crippen LogP contribution in [0.2, 0.25) is 0 Å². The van der Waals surface area contributed by atoms with E-state index in [-0.39, 0.29) is 0 Å². The fourth-order valence-electron chi connectivity index (χ4n) is 2.61. The highest BCUT2D eigenvalue weighted by Gasteiger charge is 2.18. The van der Waals surface area contributed by atoms with E-state index in [0.717, 1.165) is 30.2 Å². The van der Waals surface area contributed by atoms with Crippen molar-refractivity contribution in [1.29, 1.82) is 0 Å². The third-order valence-electron chi connectivity index (χ3n) is 3.27. The zero-order valence-electron chi connectivity index (χ0n) is 13.0. The van der Waals surface area contributed by atoms with Gasteiger partial charge in [-0.25, -0.2) is 4.98 Å². The van der Waals surface area contributed by atoms with Gasteiger partial charge in [0.2, 0.25) is 0 Å². The predicted octanol–water partition coefficient (Wildman–Crippen LogP) is 2.91. The Morgan fingerprint density at radius 3 is 2.35 bits per heavy atom. The molecule has 2 aromatic heterocycles. The summed E-state index contributed by atoms with van der Waals surface area (Å²) in [5, 5.41) is 0. The van der Waals surface area contributed by atoms with Crippen molar-refractivity contribution < 1.29 is 0 Å². The molecule has 0 unspecified atom stereocenters. The minimum atomic E-state index is 0.507. The van der Waals surface area contributed by atoms with Crippen LogP contribution in [0.25, 0.3) is 5.65 Å². The first kappa shape index (κ1) is 14.9. The molecule has 0 aromatic carbocycles. The monoisotopic (exact) mass is 274 g/mol. The van der Waals surface area contributed by atoms with Crippen molar-refractivity contribution in [3.8, 4) is 0 Å². The molecule has 2 aromatic rings. The molecule has 0 aliphatic carbocycles. The zero-order valence-corrected chi connectivity index (χ0v) is 13.0. The molecule has 0 amide bonds. The molecule has 4 heteroatoms. The van der Waals surface area contributed by atoms with Gasteiger partial charge in [0.25, 0.3) is 0 Å². The summed E-state index contributed by atoms with van der Waals surface area (Å²) in [6, 6.07) is 6.07. The van der Waals surface area contributed by atoms with E-state index >= 15 is 0 Å². The number of nitrogens with zero attached hydrogens (tertiary/aromatic N) is 3. The van der Waals surface area contributed by atoms with Gasteiger partial charge in [-0.05, 0) is 24.0 Å². The molecule has 20 heavy (non-hydrogen) atoms. The lowest BCUT2D eigenvalue weighted by atomic mass is 10.1. The van der Waals surface area contributed by atoms with Crippen LogP contribution in [0.3, 0.4) is 0 Å². The lowest BCUT2D eigenvalue weighted by Crippen LogP contribution is -2.32. The van der Waals surface area contributed by atoms with Crippen LogP contribution < -0.4 is 10.6 Å². The summed E-state index contributed by atoms with van der Waals surface area (Å²) in [6.07, 6.45) is 2.04. The Hall–Kier alpha value is -1.55. The van der Waals surface area contributed by atoms with Crippen molar-refractivity contribution in [3.63, 3.8) is 0 Å². The van der Waals surface area contributed by atoms with Gasteiger partial charge in [-0.1, -0.05) is 33.8 Å². The van der Waals surface area contributed by atoms with E-state index in [9.17, 15) is 0 Å². The van der Waals surface area contributed by atoms with Crippen molar-refractivity contribution in [2.45, 2.75) is 34.2 Å². The van der Waals surface area contributed by atoms with Crippen molar-refractivity contribution in [2.24, 2.45) is 17.6 Å². The van der Waals surface area contributed by atoms with Crippen LogP contribution >= 0.6 is 0 Å².